The van der Waals surface area contributed by atoms with Crippen molar-refractivity contribution in [2.45, 2.75) is 13.2 Å². The zero-order chi connectivity index (χ0) is 21.3. The smallest absolute Gasteiger partial charge is 0.331 e. The first-order valence-electron chi connectivity index (χ1n) is 9.15. The molecule has 0 aliphatic carbocycles. The molecule has 0 saturated heterocycles. The number of carbonyl (C=O) groups is 1. The Balaban J connectivity index is 1.50. The maximum Gasteiger partial charge on any atom is 0.331 e. The van der Waals surface area contributed by atoms with Gasteiger partial charge in [-0.05, 0) is 35.9 Å². The van der Waals surface area contributed by atoms with Crippen LogP contribution in [-0.4, -0.2) is 40.0 Å². The van der Waals surface area contributed by atoms with E-state index in [0.717, 1.165) is 11.3 Å². The zero-order valence-electron chi connectivity index (χ0n) is 16.7. The van der Waals surface area contributed by atoms with Crippen LogP contribution in [0.2, 0.25) is 0 Å². The highest BCUT2D eigenvalue weighted by molar-refractivity contribution is 5.87. The molecule has 0 amide bonds. The summed E-state index contributed by atoms with van der Waals surface area (Å²) in [5.41, 5.74) is 7.33. The summed E-state index contributed by atoms with van der Waals surface area (Å²) in [6.07, 6.45) is 4.71. The standard InChI is InChI=1S/C21H22N6O3/c1-27(2)21-25-18(24-20(22)26-21)14-30-19(28)11-8-15-6-9-17(10-7-15)29-13-16-5-3-4-12-23-16/h3-12H,13-14H2,1-2H3,(H2,22,24,25,26)/b11-8+. The lowest BCUT2D eigenvalue weighted by Gasteiger charge is -2.11. The van der Waals surface area contributed by atoms with E-state index in [2.05, 4.69) is 19.9 Å². The van der Waals surface area contributed by atoms with Gasteiger partial charge in [0.2, 0.25) is 11.9 Å². The Hall–Kier alpha value is -4.01. The van der Waals surface area contributed by atoms with Crippen LogP contribution in [0.5, 0.6) is 5.75 Å². The quantitative estimate of drug-likeness (QED) is 0.444. The topological polar surface area (TPSA) is 116 Å². The number of hydrogen-bond acceptors (Lipinski definition) is 9. The highest BCUT2D eigenvalue weighted by atomic mass is 16.5. The number of nitrogens with zero attached hydrogens (tertiary/aromatic N) is 5. The maximum atomic E-state index is 12.0. The van der Waals surface area contributed by atoms with Crippen molar-refractivity contribution < 1.29 is 14.3 Å². The Kier molecular flexibility index (Phi) is 6.88. The molecule has 2 N–H and O–H groups in total. The first-order valence-corrected chi connectivity index (χ1v) is 9.15. The fourth-order valence-corrected chi connectivity index (χ4v) is 2.35. The van der Waals surface area contributed by atoms with Gasteiger partial charge in [0.05, 0.1) is 5.69 Å². The normalized spacial score (nSPS) is 10.7. The lowest BCUT2D eigenvalue weighted by atomic mass is 10.2. The molecule has 30 heavy (non-hydrogen) atoms. The van der Waals surface area contributed by atoms with E-state index in [1.807, 2.05) is 42.5 Å². The summed E-state index contributed by atoms with van der Waals surface area (Å²) in [5, 5.41) is 0. The summed E-state index contributed by atoms with van der Waals surface area (Å²) in [6, 6.07) is 13.0. The number of benzene rings is 1. The zero-order valence-corrected chi connectivity index (χ0v) is 16.7. The lowest BCUT2D eigenvalue weighted by Crippen LogP contribution is -2.17. The molecule has 9 heteroatoms. The molecule has 0 atom stereocenters. The number of anilines is 2. The van der Waals surface area contributed by atoms with Crippen LogP contribution < -0.4 is 15.4 Å². The molecule has 0 unspecified atom stereocenters. The van der Waals surface area contributed by atoms with Crippen molar-refractivity contribution in [3.8, 4) is 5.75 Å². The summed E-state index contributed by atoms with van der Waals surface area (Å²) in [5.74, 6) is 0.942. The van der Waals surface area contributed by atoms with E-state index < -0.39 is 5.97 Å². The Morgan fingerprint density at radius 1 is 1.07 bits per heavy atom. The van der Waals surface area contributed by atoms with Gasteiger partial charge in [-0.25, -0.2) is 4.79 Å². The second kappa shape index (κ2) is 9.97. The van der Waals surface area contributed by atoms with Gasteiger partial charge in [0.1, 0.15) is 12.4 Å². The average molecular weight is 406 g/mol. The van der Waals surface area contributed by atoms with E-state index in [4.69, 9.17) is 15.2 Å². The summed E-state index contributed by atoms with van der Waals surface area (Å²) in [4.78, 5) is 30.0. The fourth-order valence-electron chi connectivity index (χ4n) is 2.35. The first kappa shape index (κ1) is 20.7. The maximum absolute atomic E-state index is 12.0. The summed E-state index contributed by atoms with van der Waals surface area (Å²) >= 11 is 0. The third-order valence-electron chi connectivity index (χ3n) is 3.84. The van der Waals surface area contributed by atoms with Crippen molar-refractivity contribution in [2.75, 3.05) is 24.7 Å². The van der Waals surface area contributed by atoms with E-state index in [9.17, 15) is 4.79 Å². The monoisotopic (exact) mass is 406 g/mol. The largest absolute Gasteiger partial charge is 0.487 e. The highest BCUT2D eigenvalue weighted by Crippen LogP contribution is 2.15. The van der Waals surface area contributed by atoms with Crippen molar-refractivity contribution in [2.24, 2.45) is 0 Å². The molecule has 2 aromatic heterocycles. The third kappa shape index (κ3) is 6.26. The van der Waals surface area contributed by atoms with Crippen LogP contribution in [0.15, 0.2) is 54.7 Å². The lowest BCUT2D eigenvalue weighted by molar-refractivity contribution is -0.139. The molecule has 3 rings (SSSR count). The minimum Gasteiger partial charge on any atom is -0.487 e. The number of carbonyl (C=O) groups excluding carboxylic acids is 1. The number of esters is 1. The number of ether oxygens (including phenoxy) is 2. The fraction of sp³-hybridized carbons (Fsp3) is 0.190. The second-order valence-electron chi connectivity index (χ2n) is 6.42. The number of rotatable bonds is 8. The van der Waals surface area contributed by atoms with Crippen molar-refractivity contribution in [3.05, 3.63) is 71.8 Å². The SMILES string of the molecule is CN(C)c1nc(N)nc(COC(=O)/C=C/c2ccc(OCc3ccccn3)cc2)n1. The molecule has 0 fully saturated rings. The molecule has 1 aromatic carbocycles. The van der Waals surface area contributed by atoms with Gasteiger partial charge < -0.3 is 20.1 Å². The van der Waals surface area contributed by atoms with Crippen LogP contribution in [-0.2, 0) is 22.7 Å². The van der Waals surface area contributed by atoms with Gasteiger partial charge in [-0.3, -0.25) is 4.98 Å². The van der Waals surface area contributed by atoms with Crippen LogP contribution in [0.4, 0.5) is 11.9 Å². The molecular formula is C21H22N6O3. The predicted molar refractivity (Wildman–Crippen MR) is 112 cm³/mol. The number of nitrogen functional groups attached to an aromatic ring is 1. The minimum absolute atomic E-state index is 0.0700. The second-order valence-corrected chi connectivity index (χ2v) is 6.42. The average Bonchev–Trinajstić information content (AvgIpc) is 2.76. The van der Waals surface area contributed by atoms with E-state index in [0.29, 0.717) is 18.3 Å². The van der Waals surface area contributed by atoms with Crippen molar-refractivity contribution in [1.29, 1.82) is 0 Å². The summed E-state index contributed by atoms with van der Waals surface area (Å²) in [7, 11) is 3.56. The number of pyridine rings is 1. The molecule has 2 heterocycles. The van der Waals surface area contributed by atoms with Crippen LogP contribution in [0.3, 0.4) is 0 Å². The van der Waals surface area contributed by atoms with Gasteiger partial charge in [-0.2, -0.15) is 15.0 Å². The first-order chi connectivity index (χ1) is 14.5. The summed E-state index contributed by atoms with van der Waals surface area (Å²) < 4.78 is 10.9. The number of hydrogen-bond donors (Lipinski definition) is 1. The van der Waals surface area contributed by atoms with Crippen LogP contribution >= 0.6 is 0 Å². The molecule has 0 aliphatic rings. The Labute approximate surface area is 174 Å². The van der Waals surface area contributed by atoms with Crippen LogP contribution in [0, 0.1) is 0 Å². The van der Waals surface area contributed by atoms with Gasteiger partial charge in [0.15, 0.2) is 12.4 Å². The molecule has 0 spiro atoms. The number of aromatic nitrogens is 4. The molecule has 9 nitrogen and oxygen atoms in total. The van der Waals surface area contributed by atoms with Gasteiger partial charge in [0, 0.05) is 26.4 Å². The Bertz CT molecular complexity index is 1010. The van der Waals surface area contributed by atoms with Crippen LogP contribution in [0.25, 0.3) is 6.08 Å². The van der Waals surface area contributed by atoms with Crippen molar-refractivity contribution >= 4 is 23.9 Å². The van der Waals surface area contributed by atoms with Gasteiger partial charge in [-0.1, -0.05) is 18.2 Å². The van der Waals surface area contributed by atoms with Gasteiger partial charge >= 0.3 is 5.97 Å². The Morgan fingerprint density at radius 2 is 1.87 bits per heavy atom. The predicted octanol–water partition coefficient (Wildman–Crippen LogP) is 2.25. The van der Waals surface area contributed by atoms with Gasteiger partial charge in [0.25, 0.3) is 0 Å². The van der Waals surface area contributed by atoms with E-state index in [1.165, 1.54) is 6.08 Å². The van der Waals surface area contributed by atoms with Crippen LogP contribution in [0.1, 0.15) is 17.1 Å². The van der Waals surface area contributed by atoms with E-state index in [-0.39, 0.29) is 18.4 Å². The van der Waals surface area contributed by atoms with Crippen molar-refractivity contribution in [3.63, 3.8) is 0 Å². The summed E-state index contributed by atoms with van der Waals surface area (Å²) in [6.45, 7) is 0.288. The molecular weight excluding hydrogens is 384 g/mol. The molecule has 154 valence electrons. The molecule has 0 saturated carbocycles. The number of nitrogens with two attached hydrogens (primary N) is 1. The van der Waals surface area contributed by atoms with E-state index in [1.54, 1.807) is 31.3 Å². The van der Waals surface area contributed by atoms with E-state index >= 15 is 0 Å². The molecule has 0 radical (unpaired) electrons. The van der Waals surface area contributed by atoms with Crippen molar-refractivity contribution in [1.82, 2.24) is 19.9 Å². The third-order valence-corrected chi connectivity index (χ3v) is 3.84. The molecule has 0 aliphatic heterocycles. The minimum atomic E-state index is -0.518. The van der Waals surface area contributed by atoms with Gasteiger partial charge in [-0.15, -0.1) is 0 Å². The molecule has 0 bridgehead atoms. The Morgan fingerprint density at radius 3 is 2.57 bits per heavy atom. The molecule has 3 aromatic rings. The highest BCUT2D eigenvalue weighted by Gasteiger charge is 2.08.